The van der Waals surface area contributed by atoms with Gasteiger partial charge in [0.15, 0.2) is 0 Å². The summed E-state index contributed by atoms with van der Waals surface area (Å²) in [7, 11) is 1.65. The third-order valence-electron chi connectivity index (χ3n) is 2.58. The molecule has 2 aromatic heterocycles. The molecule has 2 aromatic rings. The molecule has 7 heteroatoms. The molecule has 0 saturated heterocycles. The summed E-state index contributed by atoms with van der Waals surface area (Å²) in [5.74, 6) is 0. The van der Waals surface area contributed by atoms with E-state index in [2.05, 4.69) is 21.0 Å². The molecule has 0 aliphatic carbocycles. The van der Waals surface area contributed by atoms with E-state index in [0.29, 0.717) is 18.2 Å². The SMILES string of the molecule is COCCn1ncc(Cl)c1C(N)c1csc(Br)c1. The van der Waals surface area contributed by atoms with E-state index in [1.807, 2.05) is 11.4 Å². The van der Waals surface area contributed by atoms with Gasteiger partial charge in [-0.05, 0) is 32.9 Å². The van der Waals surface area contributed by atoms with Gasteiger partial charge in [0.1, 0.15) is 0 Å². The van der Waals surface area contributed by atoms with Crippen LogP contribution in [0.1, 0.15) is 17.3 Å². The van der Waals surface area contributed by atoms with Crippen molar-refractivity contribution in [2.75, 3.05) is 13.7 Å². The number of ether oxygens (including phenoxy) is 1. The predicted octanol–water partition coefficient (Wildman–Crippen LogP) is 3.06. The first-order valence-corrected chi connectivity index (χ1v) is 7.38. The Kier molecular flexibility index (Phi) is 4.80. The topological polar surface area (TPSA) is 53.1 Å². The molecule has 0 aromatic carbocycles. The molecule has 98 valence electrons. The lowest BCUT2D eigenvalue weighted by Crippen LogP contribution is -2.19. The number of nitrogens with two attached hydrogens (primary N) is 1. The van der Waals surface area contributed by atoms with Gasteiger partial charge in [-0.3, -0.25) is 4.68 Å². The van der Waals surface area contributed by atoms with Gasteiger partial charge in [0.2, 0.25) is 0 Å². The predicted molar refractivity (Wildman–Crippen MR) is 77.2 cm³/mol. The minimum absolute atomic E-state index is 0.278. The van der Waals surface area contributed by atoms with Crippen molar-refractivity contribution in [3.63, 3.8) is 0 Å². The van der Waals surface area contributed by atoms with Gasteiger partial charge in [0.05, 0.1) is 39.9 Å². The molecule has 0 saturated carbocycles. The summed E-state index contributed by atoms with van der Waals surface area (Å²) < 4.78 is 7.89. The number of aromatic nitrogens is 2. The third-order valence-corrected chi connectivity index (χ3v) is 4.40. The maximum atomic E-state index is 6.25. The zero-order chi connectivity index (χ0) is 13.1. The van der Waals surface area contributed by atoms with Crippen LogP contribution in [-0.2, 0) is 11.3 Å². The molecule has 0 spiro atoms. The molecule has 2 heterocycles. The van der Waals surface area contributed by atoms with Crippen LogP contribution in [0.5, 0.6) is 0 Å². The molecule has 1 atom stereocenters. The summed E-state index contributed by atoms with van der Waals surface area (Å²) in [5, 5.41) is 6.82. The second kappa shape index (κ2) is 6.16. The number of hydrogen-bond donors (Lipinski definition) is 1. The second-order valence-electron chi connectivity index (χ2n) is 3.76. The average molecular weight is 351 g/mol. The zero-order valence-corrected chi connectivity index (χ0v) is 12.9. The van der Waals surface area contributed by atoms with E-state index in [-0.39, 0.29) is 6.04 Å². The number of halogens is 2. The number of nitrogens with zero attached hydrogens (tertiary/aromatic N) is 2. The molecule has 18 heavy (non-hydrogen) atoms. The molecule has 0 amide bonds. The number of thiophene rings is 1. The average Bonchev–Trinajstić information content (AvgIpc) is 2.92. The Morgan fingerprint density at radius 2 is 2.44 bits per heavy atom. The van der Waals surface area contributed by atoms with Gasteiger partial charge < -0.3 is 10.5 Å². The van der Waals surface area contributed by atoms with Crippen LogP contribution in [0.2, 0.25) is 5.02 Å². The molecule has 0 radical (unpaired) electrons. The van der Waals surface area contributed by atoms with Gasteiger partial charge in [-0.15, -0.1) is 11.3 Å². The Hall–Kier alpha value is -0.400. The molecule has 2 N–H and O–H groups in total. The molecule has 0 bridgehead atoms. The van der Waals surface area contributed by atoms with Crippen molar-refractivity contribution in [2.24, 2.45) is 5.73 Å². The molecular formula is C11H13BrClN3OS. The van der Waals surface area contributed by atoms with Crippen LogP contribution in [0.25, 0.3) is 0 Å². The number of hydrogen-bond acceptors (Lipinski definition) is 4. The molecule has 2 rings (SSSR count). The molecule has 0 aliphatic heterocycles. The monoisotopic (exact) mass is 349 g/mol. The maximum Gasteiger partial charge on any atom is 0.0837 e. The van der Waals surface area contributed by atoms with Gasteiger partial charge in [-0.1, -0.05) is 11.6 Å². The highest BCUT2D eigenvalue weighted by Crippen LogP contribution is 2.31. The summed E-state index contributed by atoms with van der Waals surface area (Å²) in [6.45, 7) is 1.21. The lowest BCUT2D eigenvalue weighted by molar-refractivity contribution is 0.182. The van der Waals surface area contributed by atoms with E-state index in [1.165, 1.54) is 0 Å². The first-order valence-electron chi connectivity index (χ1n) is 5.33. The Morgan fingerprint density at radius 1 is 1.67 bits per heavy atom. The standard InChI is InChI=1S/C11H13BrClN3OS/c1-17-3-2-16-11(8(13)5-15-16)10(14)7-4-9(12)18-6-7/h4-6,10H,2-3,14H2,1H3. The van der Waals surface area contributed by atoms with Crippen LogP contribution in [0.15, 0.2) is 21.4 Å². The summed E-state index contributed by atoms with van der Waals surface area (Å²) in [4.78, 5) is 0. The quantitative estimate of drug-likeness (QED) is 0.901. The van der Waals surface area contributed by atoms with Gasteiger partial charge in [0.25, 0.3) is 0 Å². The van der Waals surface area contributed by atoms with E-state index < -0.39 is 0 Å². The number of rotatable bonds is 5. The zero-order valence-electron chi connectivity index (χ0n) is 9.77. The van der Waals surface area contributed by atoms with Crippen LogP contribution in [0, 0.1) is 0 Å². The molecule has 4 nitrogen and oxygen atoms in total. The van der Waals surface area contributed by atoms with Crippen molar-refractivity contribution in [2.45, 2.75) is 12.6 Å². The van der Waals surface area contributed by atoms with Crippen molar-refractivity contribution >= 4 is 38.9 Å². The summed E-state index contributed by atoms with van der Waals surface area (Å²) >= 11 is 11.2. The normalized spacial score (nSPS) is 12.9. The maximum absolute atomic E-state index is 6.25. The van der Waals surface area contributed by atoms with Crippen LogP contribution >= 0.6 is 38.9 Å². The number of methoxy groups -OCH3 is 1. The van der Waals surface area contributed by atoms with Crippen LogP contribution < -0.4 is 5.73 Å². The van der Waals surface area contributed by atoms with Gasteiger partial charge in [-0.25, -0.2) is 0 Å². The van der Waals surface area contributed by atoms with Gasteiger partial charge >= 0.3 is 0 Å². The molecular weight excluding hydrogens is 338 g/mol. The van der Waals surface area contributed by atoms with Crippen molar-refractivity contribution < 1.29 is 4.74 Å². The minimum Gasteiger partial charge on any atom is -0.383 e. The lowest BCUT2D eigenvalue weighted by Gasteiger charge is -2.13. The molecule has 1 unspecified atom stereocenters. The first kappa shape index (κ1) is 14.0. The summed E-state index contributed by atoms with van der Waals surface area (Å²) in [6.07, 6.45) is 1.62. The Balaban J connectivity index is 2.28. The fourth-order valence-corrected chi connectivity index (χ4v) is 3.15. The van der Waals surface area contributed by atoms with E-state index in [4.69, 9.17) is 22.1 Å². The van der Waals surface area contributed by atoms with E-state index >= 15 is 0 Å². The van der Waals surface area contributed by atoms with Crippen LogP contribution in [0.3, 0.4) is 0 Å². The highest BCUT2D eigenvalue weighted by atomic mass is 79.9. The highest BCUT2D eigenvalue weighted by molar-refractivity contribution is 9.11. The first-order chi connectivity index (χ1) is 8.63. The van der Waals surface area contributed by atoms with Gasteiger partial charge in [0, 0.05) is 7.11 Å². The van der Waals surface area contributed by atoms with Gasteiger partial charge in [-0.2, -0.15) is 5.10 Å². The Labute approximate surface area is 123 Å². The highest BCUT2D eigenvalue weighted by Gasteiger charge is 2.19. The van der Waals surface area contributed by atoms with E-state index in [0.717, 1.165) is 15.0 Å². The minimum atomic E-state index is -0.278. The van der Waals surface area contributed by atoms with Crippen LogP contribution in [0.4, 0.5) is 0 Å². The van der Waals surface area contributed by atoms with E-state index in [1.54, 1.807) is 29.3 Å². The van der Waals surface area contributed by atoms with Crippen molar-refractivity contribution in [1.29, 1.82) is 0 Å². The third kappa shape index (κ3) is 2.95. The summed E-state index contributed by atoms with van der Waals surface area (Å²) in [5.41, 5.74) is 8.09. The van der Waals surface area contributed by atoms with Crippen molar-refractivity contribution in [3.8, 4) is 0 Å². The molecule has 0 fully saturated rings. The van der Waals surface area contributed by atoms with Crippen LogP contribution in [-0.4, -0.2) is 23.5 Å². The Morgan fingerprint density at radius 3 is 3.06 bits per heavy atom. The fourth-order valence-electron chi connectivity index (χ4n) is 1.68. The molecule has 0 aliphatic rings. The second-order valence-corrected chi connectivity index (χ2v) is 6.45. The summed E-state index contributed by atoms with van der Waals surface area (Å²) in [6, 6.07) is 1.72. The Bertz CT molecular complexity index is 528. The fraction of sp³-hybridized carbons (Fsp3) is 0.364. The van der Waals surface area contributed by atoms with E-state index in [9.17, 15) is 0 Å². The van der Waals surface area contributed by atoms with Crippen molar-refractivity contribution in [3.05, 3.63) is 37.7 Å². The smallest absolute Gasteiger partial charge is 0.0837 e. The largest absolute Gasteiger partial charge is 0.383 e. The lowest BCUT2D eigenvalue weighted by atomic mass is 10.1. The van der Waals surface area contributed by atoms with Crippen molar-refractivity contribution in [1.82, 2.24) is 9.78 Å².